The molecular formula is C15H19NOSe. The number of rotatable bonds is 2. The number of amides is 1. The molecule has 0 bridgehead atoms. The molecule has 1 amide bonds. The first-order valence-corrected chi connectivity index (χ1v) is 8.57. The topological polar surface area (TPSA) is 20.3 Å². The molecule has 1 heterocycles. The third kappa shape index (κ3) is 2.22. The first-order valence-electron chi connectivity index (χ1n) is 6.73. The zero-order chi connectivity index (χ0) is 12.5. The summed E-state index contributed by atoms with van der Waals surface area (Å²) >= 11 is 0.503. The van der Waals surface area contributed by atoms with Gasteiger partial charge in [0.15, 0.2) is 0 Å². The van der Waals surface area contributed by atoms with Crippen LogP contribution in [0.5, 0.6) is 0 Å². The summed E-state index contributed by atoms with van der Waals surface area (Å²) in [6.07, 6.45) is 4.65. The van der Waals surface area contributed by atoms with Crippen LogP contribution in [0.3, 0.4) is 0 Å². The Kier molecular flexibility index (Phi) is 3.45. The van der Waals surface area contributed by atoms with Gasteiger partial charge in [-0.15, -0.1) is 0 Å². The molecule has 0 radical (unpaired) electrons. The van der Waals surface area contributed by atoms with Gasteiger partial charge in [-0.1, -0.05) is 0 Å². The van der Waals surface area contributed by atoms with Crippen molar-refractivity contribution >= 4 is 25.3 Å². The van der Waals surface area contributed by atoms with Crippen LogP contribution >= 0.6 is 0 Å². The fourth-order valence-electron chi connectivity index (χ4n) is 3.35. The van der Waals surface area contributed by atoms with Crippen molar-refractivity contribution in [3.05, 3.63) is 30.3 Å². The van der Waals surface area contributed by atoms with E-state index in [0.717, 1.165) is 11.2 Å². The van der Waals surface area contributed by atoms with Crippen molar-refractivity contribution in [2.45, 2.75) is 36.5 Å². The van der Waals surface area contributed by atoms with Crippen molar-refractivity contribution in [3.8, 4) is 0 Å². The molecule has 0 aromatic heterocycles. The van der Waals surface area contributed by atoms with Crippen molar-refractivity contribution in [3.63, 3.8) is 0 Å². The zero-order valence-corrected chi connectivity index (χ0v) is 12.4. The summed E-state index contributed by atoms with van der Waals surface area (Å²) in [6.45, 7) is 0. The molecule has 2 aliphatic rings. The maximum absolute atomic E-state index is 11.9. The predicted octanol–water partition coefficient (Wildman–Crippen LogP) is 1.84. The molecule has 1 saturated heterocycles. The van der Waals surface area contributed by atoms with Gasteiger partial charge >= 0.3 is 115 Å². The molecule has 1 aromatic carbocycles. The van der Waals surface area contributed by atoms with Crippen molar-refractivity contribution in [1.29, 1.82) is 0 Å². The van der Waals surface area contributed by atoms with Crippen LogP contribution in [-0.4, -0.2) is 38.9 Å². The van der Waals surface area contributed by atoms with Gasteiger partial charge in [-0.25, -0.2) is 0 Å². The standard InChI is InChI=1S/C15H19NOSe/c1-16-14(17)10-11-6-5-9-13(15(11)16)18-12-7-3-2-4-8-12/h2-4,7-8,11,13,15H,5-6,9-10H2,1H3. The van der Waals surface area contributed by atoms with Gasteiger partial charge in [-0.3, -0.25) is 0 Å². The Morgan fingerprint density at radius 2 is 2.00 bits per heavy atom. The van der Waals surface area contributed by atoms with Crippen molar-refractivity contribution < 1.29 is 4.79 Å². The van der Waals surface area contributed by atoms with Crippen molar-refractivity contribution in [2.75, 3.05) is 7.05 Å². The number of hydrogen-bond acceptors (Lipinski definition) is 1. The van der Waals surface area contributed by atoms with Crippen LogP contribution in [0.25, 0.3) is 0 Å². The molecule has 2 nitrogen and oxygen atoms in total. The fourth-order valence-corrected chi connectivity index (χ4v) is 6.48. The van der Waals surface area contributed by atoms with Gasteiger partial charge in [0.05, 0.1) is 0 Å². The summed E-state index contributed by atoms with van der Waals surface area (Å²) in [6, 6.07) is 11.3. The Morgan fingerprint density at radius 3 is 2.78 bits per heavy atom. The van der Waals surface area contributed by atoms with E-state index in [4.69, 9.17) is 0 Å². The van der Waals surface area contributed by atoms with E-state index in [1.807, 2.05) is 11.9 Å². The molecule has 96 valence electrons. The summed E-state index contributed by atoms with van der Waals surface area (Å²) in [5.41, 5.74) is 0. The van der Waals surface area contributed by atoms with Crippen LogP contribution in [0, 0.1) is 5.92 Å². The average molecular weight is 308 g/mol. The molecule has 0 spiro atoms. The molecular weight excluding hydrogens is 289 g/mol. The van der Waals surface area contributed by atoms with Gasteiger partial charge in [0.1, 0.15) is 0 Å². The minimum atomic E-state index is 0.362. The summed E-state index contributed by atoms with van der Waals surface area (Å²) < 4.78 is 1.48. The Labute approximate surface area is 115 Å². The molecule has 1 aliphatic carbocycles. The normalized spacial score (nSPS) is 31.5. The van der Waals surface area contributed by atoms with E-state index in [9.17, 15) is 4.79 Å². The average Bonchev–Trinajstić information content (AvgIpc) is 2.67. The van der Waals surface area contributed by atoms with E-state index in [1.54, 1.807) is 0 Å². The maximum atomic E-state index is 11.9. The van der Waals surface area contributed by atoms with E-state index < -0.39 is 0 Å². The van der Waals surface area contributed by atoms with Gasteiger partial charge in [-0.2, -0.15) is 0 Å². The minimum absolute atomic E-state index is 0.362. The quantitative estimate of drug-likeness (QED) is 0.764. The molecule has 18 heavy (non-hydrogen) atoms. The second-order valence-electron chi connectivity index (χ2n) is 5.36. The summed E-state index contributed by atoms with van der Waals surface area (Å²) in [4.78, 5) is 14.6. The molecule has 2 fully saturated rings. The van der Waals surface area contributed by atoms with Gasteiger partial charge in [0, 0.05) is 0 Å². The molecule has 1 aromatic rings. The SMILES string of the molecule is CN1C(=O)CC2CCCC([Se]c3ccccc3)C21. The molecule has 3 atom stereocenters. The van der Waals surface area contributed by atoms with Crippen LogP contribution in [0.2, 0.25) is 4.82 Å². The molecule has 1 saturated carbocycles. The molecule has 3 heteroatoms. The number of likely N-dealkylation sites (tertiary alicyclic amines) is 1. The summed E-state index contributed by atoms with van der Waals surface area (Å²) in [7, 11) is 2.01. The van der Waals surface area contributed by atoms with E-state index in [1.165, 1.54) is 23.7 Å². The first kappa shape index (κ1) is 12.3. The number of nitrogens with zero attached hydrogens (tertiary/aromatic N) is 1. The molecule has 3 unspecified atom stereocenters. The molecule has 1 aliphatic heterocycles. The van der Waals surface area contributed by atoms with Gasteiger partial charge in [-0.05, 0) is 0 Å². The Bertz CT molecular complexity index is 433. The number of fused-ring (bicyclic) bond motifs is 1. The monoisotopic (exact) mass is 309 g/mol. The van der Waals surface area contributed by atoms with Crippen molar-refractivity contribution in [1.82, 2.24) is 4.90 Å². The van der Waals surface area contributed by atoms with Crippen LogP contribution in [0.1, 0.15) is 25.7 Å². The Hall–Kier alpha value is -0.791. The molecule has 0 N–H and O–H groups in total. The second kappa shape index (κ2) is 5.06. The molecule has 3 rings (SSSR count). The number of hydrogen-bond donors (Lipinski definition) is 0. The van der Waals surface area contributed by atoms with Crippen molar-refractivity contribution in [2.24, 2.45) is 5.92 Å². The number of carbonyl (C=O) groups excluding carboxylic acids is 1. The van der Waals surface area contributed by atoms with E-state index in [2.05, 4.69) is 30.3 Å². The zero-order valence-electron chi connectivity index (χ0n) is 10.7. The van der Waals surface area contributed by atoms with Crippen LogP contribution in [0.15, 0.2) is 30.3 Å². The number of benzene rings is 1. The van der Waals surface area contributed by atoms with Crippen LogP contribution < -0.4 is 4.46 Å². The third-order valence-corrected chi connectivity index (χ3v) is 7.09. The first-order chi connectivity index (χ1) is 8.75. The Balaban J connectivity index is 1.77. The second-order valence-corrected chi connectivity index (χ2v) is 8.11. The van der Waals surface area contributed by atoms with Gasteiger partial charge in [0.2, 0.25) is 0 Å². The van der Waals surface area contributed by atoms with Gasteiger partial charge < -0.3 is 0 Å². The Morgan fingerprint density at radius 1 is 1.22 bits per heavy atom. The van der Waals surface area contributed by atoms with E-state index >= 15 is 0 Å². The number of carbonyl (C=O) groups is 1. The van der Waals surface area contributed by atoms with Crippen LogP contribution in [-0.2, 0) is 4.79 Å². The summed E-state index contributed by atoms with van der Waals surface area (Å²) in [5, 5.41) is 0. The van der Waals surface area contributed by atoms with E-state index in [-0.39, 0.29) is 0 Å². The van der Waals surface area contributed by atoms with Crippen LogP contribution in [0.4, 0.5) is 0 Å². The summed E-state index contributed by atoms with van der Waals surface area (Å²) in [5.74, 6) is 0.993. The third-order valence-electron chi connectivity index (χ3n) is 4.24. The van der Waals surface area contributed by atoms with E-state index in [0.29, 0.717) is 32.8 Å². The fraction of sp³-hybridized carbons (Fsp3) is 0.533. The van der Waals surface area contributed by atoms with Gasteiger partial charge in [0.25, 0.3) is 0 Å². The predicted molar refractivity (Wildman–Crippen MR) is 74.1 cm³/mol.